The van der Waals surface area contributed by atoms with Crippen LogP contribution in [0.5, 0.6) is 5.75 Å². The van der Waals surface area contributed by atoms with Gasteiger partial charge in [0.2, 0.25) is 0 Å². The summed E-state index contributed by atoms with van der Waals surface area (Å²) >= 11 is 3.41. The summed E-state index contributed by atoms with van der Waals surface area (Å²) in [6.45, 7) is 6.60. The average Bonchev–Trinajstić information content (AvgIpc) is 2.37. The molecule has 1 amide bonds. The predicted molar refractivity (Wildman–Crippen MR) is 81.5 cm³/mol. The van der Waals surface area contributed by atoms with Crippen LogP contribution in [0.25, 0.3) is 0 Å². The number of carbonyl (C=O) groups excluding carboxylic acids is 1. The van der Waals surface area contributed by atoms with Crippen molar-refractivity contribution in [2.75, 3.05) is 6.54 Å². The minimum Gasteiger partial charge on any atom is -0.481 e. The highest BCUT2D eigenvalue weighted by molar-refractivity contribution is 9.10. The average molecular weight is 328 g/mol. The van der Waals surface area contributed by atoms with Crippen molar-refractivity contribution in [3.63, 3.8) is 0 Å². The highest BCUT2D eigenvalue weighted by Crippen LogP contribution is 2.23. The zero-order chi connectivity index (χ0) is 14.3. The Hall–Kier alpha value is -1.03. The van der Waals surface area contributed by atoms with Crippen molar-refractivity contribution < 1.29 is 9.53 Å². The Morgan fingerprint density at radius 2 is 2.16 bits per heavy atom. The molecule has 1 rings (SSSR count). The van der Waals surface area contributed by atoms with Gasteiger partial charge in [0.05, 0.1) is 0 Å². The molecule has 0 spiro atoms. The van der Waals surface area contributed by atoms with Crippen molar-refractivity contribution in [1.82, 2.24) is 5.32 Å². The van der Waals surface area contributed by atoms with Crippen LogP contribution in [0.4, 0.5) is 0 Å². The molecule has 1 atom stereocenters. The van der Waals surface area contributed by atoms with E-state index in [2.05, 4.69) is 28.2 Å². The summed E-state index contributed by atoms with van der Waals surface area (Å²) in [6.07, 6.45) is 2.84. The Balaban J connectivity index is 2.45. The van der Waals surface area contributed by atoms with Crippen LogP contribution in [0, 0.1) is 6.92 Å². The van der Waals surface area contributed by atoms with Crippen LogP contribution >= 0.6 is 15.9 Å². The first kappa shape index (κ1) is 16.0. The lowest BCUT2D eigenvalue weighted by Crippen LogP contribution is -2.36. The maximum Gasteiger partial charge on any atom is 0.260 e. The van der Waals surface area contributed by atoms with Gasteiger partial charge in [-0.2, -0.15) is 0 Å². The molecule has 1 aromatic rings. The number of nitrogens with one attached hydrogen (secondary N) is 1. The molecule has 0 radical (unpaired) electrons. The van der Waals surface area contributed by atoms with E-state index in [9.17, 15) is 4.79 Å². The molecule has 0 saturated carbocycles. The second-order valence-corrected chi connectivity index (χ2v) is 5.58. The molecule has 0 aromatic heterocycles. The molecule has 4 heteroatoms. The second-order valence-electron chi connectivity index (χ2n) is 4.67. The van der Waals surface area contributed by atoms with E-state index in [1.54, 1.807) is 6.92 Å². The molecule has 0 aliphatic carbocycles. The second kappa shape index (κ2) is 8.20. The summed E-state index contributed by atoms with van der Waals surface area (Å²) in [4.78, 5) is 11.8. The van der Waals surface area contributed by atoms with Crippen LogP contribution in [0.15, 0.2) is 22.7 Å². The van der Waals surface area contributed by atoms with Gasteiger partial charge >= 0.3 is 0 Å². The molecular formula is C15H22BrNO2. The Kier molecular flexibility index (Phi) is 6.92. The first-order chi connectivity index (χ1) is 9.04. The molecule has 3 nitrogen and oxygen atoms in total. The van der Waals surface area contributed by atoms with Crippen molar-refractivity contribution in [3.05, 3.63) is 28.2 Å². The van der Waals surface area contributed by atoms with Gasteiger partial charge in [-0.3, -0.25) is 4.79 Å². The number of rotatable bonds is 7. The molecule has 0 bridgehead atoms. The van der Waals surface area contributed by atoms with Crippen molar-refractivity contribution >= 4 is 21.8 Å². The van der Waals surface area contributed by atoms with Gasteiger partial charge < -0.3 is 10.1 Å². The lowest BCUT2D eigenvalue weighted by atomic mass is 10.2. The molecule has 0 fully saturated rings. The number of ether oxygens (including phenoxy) is 1. The number of carbonyl (C=O) groups is 1. The standard InChI is InChI=1S/C15H22BrNO2/c1-4-5-6-9-17-15(18)12(3)19-14-8-7-13(16)10-11(14)2/h7-8,10,12H,4-6,9H2,1-3H3,(H,17,18). The topological polar surface area (TPSA) is 38.3 Å². The largest absolute Gasteiger partial charge is 0.481 e. The summed E-state index contributed by atoms with van der Waals surface area (Å²) in [5.74, 6) is 0.692. The summed E-state index contributed by atoms with van der Waals surface area (Å²) in [5.41, 5.74) is 1.01. The normalized spacial score (nSPS) is 12.0. The van der Waals surface area contributed by atoms with E-state index in [0.717, 1.165) is 41.6 Å². The van der Waals surface area contributed by atoms with Gasteiger partial charge in [0.1, 0.15) is 5.75 Å². The first-order valence-electron chi connectivity index (χ1n) is 6.75. The quantitative estimate of drug-likeness (QED) is 0.773. The molecule has 19 heavy (non-hydrogen) atoms. The van der Waals surface area contributed by atoms with E-state index in [-0.39, 0.29) is 5.91 Å². The Labute approximate surface area is 123 Å². The predicted octanol–water partition coefficient (Wildman–Crippen LogP) is 3.83. The number of benzene rings is 1. The molecule has 106 valence electrons. The van der Waals surface area contributed by atoms with Crippen LogP contribution in [-0.4, -0.2) is 18.6 Å². The van der Waals surface area contributed by atoms with E-state index in [4.69, 9.17) is 4.74 Å². The van der Waals surface area contributed by atoms with Crippen LogP contribution < -0.4 is 10.1 Å². The number of hydrogen-bond acceptors (Lipinski definition) is 2. The van der Waals surface area contributed by atoms with E-state index in [1.165, 1.54) is 0 Å². The fourth-order valence-corrected chi connectivity index (χ4v) is 2.19. The van der Waals surface area contributed by atoms with Gasteiger partial charge in [-0.25, -0.2) is 0 Å². The van der Waals surface area contributed by atoms with E-state index < -0.39 is 6.10 Å². The van der Waals surface area contributed by atoms with Crippen molar-refractivity contribution in [1.29, 1.82) is 0 Å². The maximum atomic E-state index is 11.8. The summed E-state index contributed by atoms with van der Waals surface area (Å²) < 4.78 is 6.69. The third-order valence-electron chi connectivity index (χ3n) is 2.89. The van der Waals surface area contributed by atoms with Crippen molar-refractivity contribution in [3.8, 4) is 5.75 Å². The smallest absolute Gasteiger partial charge is 0.260 e. The number of halogens is 1. The van der Waals surface area contributed by atoms with Gasteiger partial charge in [-0.05, 0) is 44.0 Å². The van der Waals surface area contributed by atoms with Gasteiger partial charge in [0, 0.05) is 11.0 Å². The number of aryl methyl sites for hydroxylation is 1. The minimum absolute atomic E-state index is 0.0570. The third kappa shape index (κ3) is 5.64. The van der Waals surface area contributed by atoms with Gasteiger partial charge in [-0.1, -0.05) is 35.7 Å². The lowest BCUT2D eigenvalue weighted by molar-refractivity contribution is -0.127. The third-order valence-corrected chi connectivity index (χ3v) is 3.38. The lowest BCUT2D eigenvalue weighted by Gasteiger charge is -2.16. The molecule has 0 heterocycles. The van der Waals surface area contributed by atoms with Crippen LogP contribution in [-0.2, 0) is 4.79 Å². The zero-order valence-electron chi connectivity index (χ0n) is 11.8. The maximum absolute atomic E-state index is 11.8. The molecule has 0 aliphatic heterocycles. The van der Waals surface area contributed by atoms with Crippen LogP contribution in [0.1, 0.15) is 38.7 Å². The van der Waals surface area contributed by atoms with E-state index >= 15 is 0 Å². The molecular weight excluding hydrogens is 306 g/mol. The molecule has 1 N–H and O–H groups in total. The van der Waals surface area contributed by atoms with Gasteiger partial charge in [0.25, 0.3) is 5.91 Å². The van der Waals surface area contributed by atoms with Crippen LogP contribution in [0.2, 0.25) is 0 Å². The monoisotopic (exact) mass is 327 g/mol. The van der Waals surface area contributed by atoms with Crippen molar-refractivity contribution in [2.45, 2.75) is 46.1 Å². The fourth-order valence-electron chi connectivity index (χ4n) is 1.72. The number of unbranched alkanes of at least 4 members (excludes halogenated alkanes) is 2. The minimum atomic E-state index is -0.471. The first-order valence-corrected chi connectivity index (χ1v) is 7.54. The Morgan fingerprint density at radius 1 is 1.42 bits per heavy atom. The Morgan fingerprint density at radius 3 is 2.79 bits per heavy atom. The highest BCUT2D eigenvalue weighted by Gasteiger charge is 2.14. The summed E-state index contributed by atoms with van der Waals surface area (Å²) in [5, 5.41) is 2.90. The SMILES string of the molecule is CCCCCNC(=O)C(C)Oc1ccc(Br)cc1C. The van der Waals surface area contributed by atoms with Crippen LogP contribution in [0.3, 0.4) is 0 Å². The van der Waals surface area contributed by atoms with Crippen molar-refractivity contribution in [2.24, 2.45) is 0 Å². The molecule has 0 aliphatic rings. The summed E-state index contributed by atoms with van der Waals surface area (Å²) in [7, 11) is 0. The molecule has 0 saturated heterocycles. The van der Waals surface area contributed by atoms with E-state index in [1.807, 2.05) is 25.1 Å². The van der Waals surface area contributed by atoms with E-state index in [0.29, 0.717) is 0 Å². The highest BCUT2D eigenvalue weighted by atomic mass is 79.9. The number of amides is 1. The fraction of sp³-hybridized carbons (Fsp3) is 0.533. The summed E-state index contributed by atoms with van der Waals surface area (Å²) in [6, 6.07) is 5.76. The van der Waals surface area contributed by atoms with Gasteiger partial charge in [0.15, 0.2) is 6.10 Å². The van der Waals surface area contributed by atoms with Gasteiger partial charge in [-0.15, -0.1) is 0 Å². The molecule has 1 aromatic carbocycles. The number of hydrogen-bond donors (Lipinski definition) is 1. The zero-order valence-corrected chi connectivity index (χ0v) is 13.4. The molecule has 1 unspecified atom stereocenters. The Bertz CT molecular complexity index is 421.